The van der Waals surface area contributed by atoms with Gasteiger partial charge in [0, 0.05) is 55.1 Å². The van der Waals surface area contributed by atoms with Crippen LogP contribution < -0.4 is 5.32 Å². The van der Waals surface area contributed by atoms with E-state index in [0.717, 1.165) is 61.0 Å². The Morgan fingerprint density at radius 2 is 1.02 bits per heavy atom. The summed E-state index contributed by atoms with van der Waals surface area (Å²) < 4.78 is 8.83. The first-order chi connectivity index (χ1) is 27.3. The Morgan fingerprint density at radius 3 is 1.91 bits per heavy atom. The molecule has 9 aromatic carbocycles. The van der Waals surface area contributed by atoms with Gasteiger partial charge in [-0.15, -0.1) is 0 Å². The molecule has 2 aromatic heterocycles. The number of nitrogens with zero attached hydrogens (tertiary/aromatic N) is 1. The number of benzene rings is 9. The van der Waals surface area contributed by atoms with Crippen LogP contribution in [0.25, 0.3) is 93.6 Å². The van der Waals surface area contributed by atoms with Gasteiger partial charge in [-0.3, -0.25) is 0 Å². The summed E-state index contributed by atoms with van der Waals surface area (Å²) in [5.74, 6) is 0. The first kappa shape index (κ1) is 31.2. The first-order valence-corrected chi connectivity index (χ1v) is 18.8. The van der Waals surface area contributed by atoms with Crippen LogP contribution in [0.1, 0.15) is 0 Å². The van der Waals surface area contributed by atoms with Gasteiger partial charge in [-0.25, -0.2) is 0 Å². The summed E-state index contributed by atoms with van der Waals surface area (Å²) in [6, 6.07) is 71.5. The Labute approximate surface area is 318 Å². The summed E-state index contributed by atoms with van der Waals surface area (Å²) in [6.07, 6.45) is 0. The third-order valence-corrected chi connectivity index (χ3v) is 11.0. The number of furan rings is 1. The molecule has 55 heavy (non-hydrogen) atoms. The molecular weight excluding hydrogens is 669 g/mol. The second-order valence-electron chi connectivity index (χ2n) is 14.2. The maximum Gasteiger partial charge on any atom is 0.143 e. The summed E-state index contributed by atoms with van der Waals surface area (Å²) in [6.45, 7) is 0. The molecule has 0 fully saturated rings. The van der Waals surface area contributed by atoms with Crippen LogP contribution in [0.3, 0.4) is 0 Å². The zero-order valence-corrected chi connectivity index (χ0v) is 29.9. The lowest BCUT2D eigenvalue weighted by atomic mass is 9.96. The van der Waals surface area contributed by atoms with E-state index in [1.54, 1.807) is 0 Å². The van der Waals surface area contributed by atoms with Gasteiger partial charge in [0.15, 0.2) is 0 Å². The highest BCUT2D eigenvalue weighted by Gasteiger charge is 2.16. The summed E-state index contributed by atoms with van der Waals surface area (Å²) in [5, 5.41) is 11.0. The first-order valence-electron chi connectivity index (χ1n) is 18.8. The number of anilines is 2. The van der Waals surface area contributed by atoms with Crippen LogP contribution >= 0.6 is 0 Å². The largest absolute Gasteiger partial charge is 0.455 e. The van der Waals surface area contributed by atoms with Gasteiger partial charge in [0.25, 0.3) is 0 Å². The van der Waals surface area contributed by atoms with Crippen molar-refractivity contribution in [3.63, 3.8) is 0 Å². The number of rotatable bonds is 6. The fraction of sp³-hybridized carbons (Fsp3) is 0. The number of aromatic nitrogens is 1. The molecule has 0 amide bonds. The van der Waals surface area contributed by atoms with E-state index in [-0.39, 0.29) is 0 Å². The quantitative estimate of drug-likeness (QED) is 0.187. The third-order valence-electron chi connectivity index (χ3n) is 11.0. The van der Waals surface area contributed by atoms with Crippen LogP contribution in [0.4, 0.5) is 11.4 Å². The Bertz CT molecular complexity index is 3220. The second-order valence-corrected chi connectivity index (χ2v) is 14.2. The van der Waals surface area contributed by atoms with E-state index < -0.39 is 0 Å². The second kappa shape index (κ2) is 12.6. The highest BCUT2D eigenvalue weighted by molar-refractivity contribution is 6.12. The smallest absolute Gasteiger partial charge is 0.143 e. The maximum atomic E-state index is 6.46. The monoisotopic (exact) mass is 702 g/mol. The molecule has 0 aliphatic carbocycles. The SMILES string of the molecule is c1ccc(-n2c3ccccc3c3cc(-c4ccc(-c5ccccc5Nc5cc(-c6cccc7c6oc6ccccc67)cc6ccccc56)cc4)ccc32)cc1. The number of nitrogens with one attached hydrogen (secondary N) is 1. The molecule has 0 saturated heterocycles. The van der Waals surface area contributed by atoms with Crippen molar-refractivity contribution in [2.45, 2.75) is 0 Å². The van der Waals surface area contributed by atoms with Crippen molar-refractivity contribution < 1.29 is 4.42 Å². The zero-order chi connectivity index (χ0) is 36.3. The van der Waals surface area contributed by atoms with E-state index in [0.29, 0.717) is 0 Å². The van der Waals surface area contributed by atoms with Crippen LogP contribution in [-0.4, -0.2) is 4.57 Å². The number of hydrogen-bond donors (Lipinski definition) is 1. The summed E-state index contributed by atoms with van der Waals surface area (Å²) >= 11 is 0. The van der Waals surface area contributed by atoms with Crippen LogP contribution in [-0.2, 0) is 0 Å². The minimum atomic E-state index is 0.903. The molecule has 0 unspecified atom stereocenters. The standard InChI is InChI=1S/C52H34N2O/c1-2-14-39(15-3-1)54-49-23-10-7-18-43(49)46-32-36(29-30-50(46)54)34-25-27-35(28-26-34)40-16-6-9-22-47(40)53-48-33-38(31-37-13-4-5-17-41(37)48)42-20-12-21-45-44-19-8-11-24-51(44)55-52(42)45/h1-33,53H. The third kappa shape index (κ3) is 5.20. The molecule has 1 N–H and O–H groups in total. The fourth-order valence-corrected chi connectivity index (χ4v) is 8.38. The van der Waals surface area contributed by atoms with Crippen LogP contribution in [0.5, 0.6) is 0 Å². The molecule has 0 atom stereocenters. The molecule has 11 rings (SSSR count). The van der Waals surface area contributed by atoms with Gasteiger partial charge in [-0.05, 0) is 82.2 Å². The average molecular weight is 703 g/mol. The van der Waals surface area contributed by atoms with E-state index in [1.807, 2.05) is 12.1 Å². The fourth-order valence-electron chi connectivity index (χ4n) is 8.38. The van der Waals surface area contributed by atoms with Crippen molar-refractivity contribution in [1.82, 2.24) is 4.57 Å². The molecule has 3 heteroatoms. The van der Waals surface area contributed by atoms with E-state index in [2.05, 4.69) is 198 Å². The lowest BCUT2D eigenvalue weighted by Gasteiger charge is -2.16. The molecule has 0 saturated carbocycles. The van der Waals surface area contributed by atoms with Gasteiger partial charge < -0.3 is 14.3 Å². The van der Waals surface area contributed by atoms with Gasteiger partial charge >= 0.3 is 0 Å². The van der Waals surface area contributed by atoms with Crippen LogP contribution in [0.15, 0.2) is 205 Å². The minimum absolute atomic E-state index is 0.903. The van der Waals surface area contributed by atoms with Crippen molar-refractivity contribution in [2.24, 2.45) is 0 Å². The normalized spacial score (nSPS) is 11.6. The van der Waals surface area contributed by atoms with Crippen molar-refractivity contribution in [2.75, 3.05) is 5.32 Å². The molecule has 2 heterocycles. The molecule has 3 nitrogen and oxygen atoms in total. The van der Waals surface area contributed by atoms with E-state index in [9.17, 15) is 0 Å². The predicted molar refractivity (Wildman–Crippen MR) is 232 cm³/mol. The van der Waals surface area contributed by atoms with E-state index in [1.165, 1.54) is 44.0 Å². The lowest BCUT2D eigenvalue weighted by Crippen LogP contribution is -1.95. The van der Waals surface area contributed by atoms with Crippen molar-refractivity contribution in [3.05, 3.63) is 200 Å². The molecule has 0 bridgehead atoms. The highest BCUT2D eigenvalue weighted by atomic mass is 16.3. The molecule has 0 radical (unpaired) electrons. The number of hydrogen-bond acceptors (Lipinski definition) is 2. The summed E-state index contributed by atoms with van der Waals surface area (Å²) in [5.41, 5.74) is 14.4. The number of fused-ring (bicyclic) bond motifs is 7. The van der Waals surface area contributed by atoms with E-state index in [4.69, 9.17) is 4.42 Å². The highest BCUT2D eigenvalue weighted by Crippen LogP contribution is 2.41. The molecule has 0 aliphatic rings. The Hall–Kier alpha value is -7.36. The molecule has 0 spiro atoms. The molecule has 258 valence electrons. The van der Waals surface area contributed by atoms with Crippen molar-refractivity contribution >= 4 is 65.9 Å². The zero-order valence-electron chi connectivity index (χ0n) is 29.9. The summed E-state index contributed by atoms with van der Waals surface area (Å²) in [4.78, 5) is 0. The lowest BCUT2D eigenvalue weighted by molar-refractivity contribution is 0.670. The maximum absolute atomic E-state index is 6.46. The van der Waals surface area contributed by atoms with Gasteiger partial charge in [0.2, 0.25) is 0 Å². The molecule has 11 aromatic rings. The predicted octanol–water partition coefficient (Wildman–Crippen LogP) is 14.6. The van der Waals surface area contributed by atoms with Crippen LogP contribution in [0, 0.1) is 0 Å². The van der Waals surface area contributed by atoms with E-state index >= 15 is 0 Å². The number of para-hydroxylation sites is 5. The molecular formula is C52H34N2O. The van der Waals surface area contributed by atoms with Gasteiger partial charge in [0.1, 0.15) is 11.2 Å². The molecule has 0 aliphatic heterocycles. The Morgan fingerprint density at radius 1 is 0.364 bits per heavy atom. The Kier molecular flexibility index (Phi) is 7.17. The summed E-state index contributed by atoms with van der Waals surface area (Å²) in [7, 11) is 0. The van der Waals surface area contributed by atoms with Gasteiger partial charge in [-0.2, -0.15) is 0 Å². The van der Waals surface area contributed by atoms with Crippen molar-refractivity contribution in [3.8, 4) is 39.1 Å². The van der Waals surface area contributed by atoms with Gasteiger partial charge in [-0.1, -0.05) is 146 Å². The van der Waals surface area contributed by atoms with Crippen molar-refractivity contribution in [1.29, 1.82) is 0 Å². The Balaban J connectivity index is 0.965. The topological polar surface area (TPSA) is 30.1 Å². The minimum Gasteiger partial charge on any atom is -0.455 e. The van der Waals surface area contributed by atoms with Crippen LogP contribution in [0.2, 0.25) is 0 Å². The average Bonchev–Trinajstić information content (AvgIpc) is 3.80. The van der Waals surface area contributed by atoms with Gasteiger partial charge in [0.05, 0.1) is 11.0 Å².